The SMILES string of the molecule is Cc1ccc(/C=N\NC(=O)c2cccc(NC(=O)c3ccc([N+](=O)[O-])cc3)c2)o1. The van der Waals surface area contributed by atoms with E-state index in [0.29, 0.717) is 17.0 Å². The lowest BCUT2D eigenvalue weighted by atomic mass is 10.1. The number of hydrogen-bond donors (Lipinski definition) is 2. The van der Waals surface area contributed by atoms with Gasteiger partial charge in [0.1, 0.15) is 11.5 Å². The van der Waals surface area contributed by atoms with Crippen LogP contribution in [0.15, 0.2) is 70.2 Å². The second-order valence-electron chi connectivity index (χ2n) is 5.99. The van der Waals surface area contributed by atoms with Crippen LogP contribution in [0.2, 0.25) is 0 Å². The predicted molar refractivity (Wildman–Crippen MR) is 106 cm³/mol. The first-order valence-corrected chi connectivity index (χ1v) is 8.48. The third-order valence-electron chi connectivity index (χ3n) is 3.84. The summed E-state index contributed by atoms with van der Waals surface area (Å²) in [6, 6.07) is 15.0. The zero-order valence-electron chi connectivity index (χ0n) is 15.3. The van der Waals surface area contributed by atoms with Crippen molar-refractivity contribution in [3.8, 4) is 0 Å². The molecule has 0 aliphatic rings. The molecule has 0 bridgehead atoms. The van der Waals surface area contributed by atoms with Crippen molar-refractivity contribution in [3.05, 3.63) is 93.4 Å². The van der Waals surface area contributed by atoms with Crippen LogP contribution in [0.4, 0.5) is 11.4 Å². The van der Waals surface area contributed by atoms with E-state index in [4.69, 9.17) is 4.42 Å². The van der Waals surface area contributed by atoms with Crippen molar-refractivity contribution >= 4 is 29.4 Å². The highest BCUT2D eigenvalue weighted by atomic mass is 16.6. The summed E-state index contributed by atoms with van der Waals surface area (Å²) >= 11 is 0. The standard InChI is InChI=1S/C20H16N4O5/c1-13-5-10-18(29-13)12-21-23-20(26)15-3-2-4-16(11-15)22-19(25)14-6-8-17(9-7-14)24(27)28/h2-12H,1H3,(H,22,25)(H,23,26)/b21-12-. The van der Waals surface area contributed by atoms with E-state index in [9.17, 15) is 19.7 Å². The van der Waals surface area contributed by atoms with Gasteiger partial charge in [-0.05, 0) is 49.4 Å². The summed E-state index contributed by atoms with van der Waals surface area (Å²) in [5, 5.41) is 17.2. The van der Waals surface area contributed by atoms with Crippen LogP contribution in [-0.2, 0) is 0 Å². The molecular formula is C20H16N4O5. The first kappa shape index (κ1) is 19.5. The number of amides is 2. The van der Waals surface area contributed by atoms with Gasteiger partial charge in [0.25, 0.3) is 17.5 Å². The van der Waals surface area contributed by atoms with Crippen LogP contribution in [-0.4, -0.2) is 23.0 Å². The molecule has 0 spiro atoms. The van der Waals surface area contributed by atoms with Gasteiger partial charge >= 0.3 is 0 Å². The molecule has 2 N–H and O–H groups in total. The minimum atomic E-state index is -0.542. The van der Waals surface area contributed by atoms with E-state index in [0.717, 1.165) is 5.76 Å². The topological polar surface area (TPSA) is 127 Å². The Morgan fingerprint density at radius 1 is 1.03 bits per heavy atom. The zero-order chi connectivity index (χ0) is 20.8. The van der Waals surface area contributed by atoms with Gasteiger partial charge in [0.05, 0.1) is 11.1 Å². The highest BCUT2D eigenvalue weighted by molar-refractivity contribution is 6.05. The van der Waals surface area contributed by atoms with Crippen LogP contribution >= 0.6 is 0 Å². The Kier molecular flexibility index (Phi) is 5.79. The molecule has 29 heavy (non-hydrogen) atoms. The third-order valence-corrected chi connectivity index (χ3v) is 3.84. The Morgan fingerprint density at radius 3 is 2.45 bits per heavy atom. The monoisotopic (exact) mass is 392 g/mol. The summed E-state index contributed by atoms with van der Waals surface area (Å²) in [5.41, 5.74) is 3.21. The highest BCUT2D eigenvalue weighted by Crippen LogP contribution is 2.15. The summed E-state index contributed by atoms with van der Waals surface area (Å²) < 4.78 is 5.31. The lowest BCUT2D eigenvalue weighted by molar-refractivity contribution is -0.384. The van der Waals surface area contributed by atoms with Gasteiger partial charge in [0.15, 0.2) is 0 Å². The van der Waals surface area contributed by atoms with Crippen LogP contribution in [0, 0.1) is 17.0 Å². The van der Waals surface area contributed by atoms with E-state index in [2.05, 4.69) is 15.8 Å². The molecular weight excluding hydrogens is 376 g/mol. The molecule has 3 aromatic rings. The number of hydrazone groups is 1. The molecule has 0 aliphatic carbocycles. The largest absolute Gasteiger partial charge is 0.460 e. The third kappa shape index (κ3) is 5.13. The van der Waals surface area contributed by atoms with E-state index in [1.54, 1.807) is 37.3 Å². The van der Waals surface area contributed by atoms with Gasteiger partial charge in [-0.25, -0.2) is 5.43 Å². The van der Waals surface area contributed by atoms with Crippen molar-refractivity contribution in [2.75, 3.05) is 5.32 Å². The summed E-state index contributed by atoms with van der Waals surface area (Å²) in [6.45, 7) is 1.80. The fourth-order valence-electron chi connectivity index (χ4n) is 2.42. The number of carbonyl (C=O) groups excluding carboxylic acids is 2. The molecule has 9 heteroatoms. The fourth-order valence-corrected chi connectivity index (χ4v) is 2.42. The fraction of sp³-hybridized carbons (Fsp3) is 0.0500. The molecule has 0 aliphatic heterocycles. The summed E-state index contributed by atoms with van der Waals surface area (Å²) in [6.07, 6.45) is 1.38. The number of nitrogens with one attached hydrogen (secondary N) is 2. The number of nitro groups is 1. The van der Waals surface area contributed by atoms with Crippen molar-refractivity contribution < 1.29 is 18.9 Å². The van der Waals surface area contributed by atoms with Crippen molar-refractivity contribution in [1.82, 2.24) is 5.43 Å². The number of rotatable bonds is 6. The summed E-state index contributed by atoms with van der Waals surface area (Å²) in [5.74, 6) is 0.320. The summed E-state index contributed by atoms with van der Waals surface area (Å²) in [4.78, 5) is 34.6. The molecule has 0 fully saturated rings. The van der Waals surface area contributed by atoms with E-state index in [1.165, 1.54) is 36.5 Å². The van der Waals surface area contributed by atoms with Crippen LogP contribution in [0.3, 0.4) is 0 Å². The number of non-ortho nitro benzene ring substituents is 1. The number of nitrogens with zero attached hydrogens (tertiary/aromatic N) is 2. The molecule has 3 rings (SSSR count). The smallest absolute Gasteiger partial charge is 0.271 e. The van der Waals surface area contributed by atoms with Crippen LogP contribution in [0.5, 0.6) is 0 Å². The molecule has 1 heterocycles. The number of nitro benzene ring substituents is 1. The van der Waals surface area contributed by atoms with Crippen LogP contribution in [0.25, 0.3) is 0 Å². The second-order valence-corrected chi connectivity index (χ2v) is 5.99. The van der Waals surface area contributed by atoms with Gasteiger partial charge in [0, 0.05) is 28.9 Å². The zero-order valence-corrected chi connectivity index (χ0v) is 15.3. The predicted octanol–water partition coefficient (Wildman–Crippen LogP) is 3.51. The average molecular weight is 392 g/mol. The number of aryl methyl sites for hydroxylation is 1. The highest BCUT2D eigenvalue weighted by Gasteiger charge is 2.11. The van der Waals surface area contributed by atoms with Crippen molar-refractivity contribution in [2.45, 2.75) is 6.92 Å². The van der Waals surface area contributed by atoms with E-state index in [1.807, 2.05) is 0 Å². The minimum absolute atomic E-state index is 0.106. The first-order chi connectivity index (χ1) is 13.9. The molecule has 9 nitrogen and oxygen atoms in total. The van der Waals surface area contributed by atoms with Gasteiger partial charge in [0.2, 0.25) is 0 Å². The Hall–Kier alpha value is -4.27. The van der Waals surface area contributed by atoms with E-state index < -0.39 is 16.7 Å². The number of carbonyl (C=O) groups is 2. The van der Waals surface area contributed by atoms with Gasteiger partial charge in [-0.1, -0.05) is 6.07 Å². The number of furan rings is 1. The Morgan fingerprint density at radius 2 is 1.79 bits per heavy atom. The van der Waals surface area contributed by atoms with E-state index >= 15 is 0 Å². The number of hydrogen-bond acceptors (Lipinski definition) is 6. The molecule has 146 valence electrons. The molecule has 2 aromatic carbocycles. The molecule has 0 unspecified atom stereocenters. The van der Waals surface area contributed by atoms with Gasteiger partial charge in [-0.15, -0.1) is 0 Å². The van der Waals surface area contributed by atoms with Crippen molar-refractivity contribution in [2.24, 2.45) is 5.10 Å². The molecule has 0 saturated heterocycles. The van der Waals surface area contributed by atoms with Gasteiger partial charge in [-0.3, -0.25) is 19.7 Å². The second kappa shape index (κ2) is 8.61. The van der Waals surface area contributed by atoms with Gasteiger partial charge in [-0.2, -0.15) is 5.10 Å². The first-order valence-electron chi connectivity index (χ1n) is 8.48. The van der Waals surface area contributed by atoms with Crippen LogP contribution < -0.4 is 10.7 Å². The molecule has 2 amide bonds. The molecule has 0 radical (unpaired) electrons. The lowest BCUT2D eigenvalue weighted by Crippen LogP contribution is -2.18. The van der Waals surface area contributed by atoms with Crippen molar-refractivity contribution in [3.63, 3.8) is 0 Å². The Bertz CT molecular complexity index is 1090. The van der Waals surface area contributed by atoms with Crippen molar-refractivity contribution in [1.29, 1.82) is 0 Å². The van der Waals surface area contributed by atoms with E-state index in [-0.39, 0.29) is 11.3 Å². The molecule has 1 aromatic heterocycles. The summed E-state index contributed by atoms with van der Waals surface area (Å²) in [7, 11) is 0. The maximum atomic E-state index is 12.3. The van der Waals surface area contributed by atoms with Gasteiger partial charge < -0.3 is 9.73 Å². The average Bonchev–Trinajstić information content (AvgIpc) is 3.13. The maximum Gasteiger partial charge on any atom is 0.271 e. The minimum Gasteiger partial charge on any atom is -0.460 e. The Balaban J connectivity index is 1.63. The van der Waals surface area contributed by atoms with Crippen LogP contribution in [0.1, 0.15) is 32.2 Å². The normalized spacial score (nSPS) is 10.7. The quantitative estimate of drug-likeness (QED) is 0.377. The molecule has 0 saturated carbocycles. The molecule has 0 atom stereocenters. The lowest BCUT2D eigenvalue weighted by Gasteiger charge is -2.07. The number of benzene rings is 2. The Labute approximate surface area is 165 Å². The number of anilines is 1. The maximum absolute atomic E-state index is 12.3.